The second-order valence-corrected chi connectivity index (χ2v) is 13.3. The summed E-state index contributed by atoms with van der Waals surface area (Å²) >= 11 is 2.50. The first-order chi connectivity index (χ1) is 19.0. The van der Waals surface area contributed by atoms with E-state index in [-0.39, 0.29) is 23.1 Å². The lowest BCUT2D eigenvalue weighted by molar-refractivity contribution is -0.113. The highest BCUT2D eigenvalue weighted by molar-refractivity contribution is 7.99. The monoisotopic (exact) mass is 600 g/mol. The van der Waals surface area contributed by atoms with E-state index >= 15 is 0 Å². The van der Waals surface area contributed by atoms with Crippen molar-refractivity contribution in [3.05, 3.63) is 70.0 Å². The molecule has 2 amide bonds. The average molecular weight is 601 g/mol. The van der Waals surface area contributed by atoms with E-state index in [2.05, 4.69) is 31.0 Å². The first-order valence-electron chi connectivity index (χ1n) is 12.0. The summed E-state index contributed by atoms with van der Waals surface area (Å²) in [7, 11) is -0.712. The van der Waals surface area contributed by atoms with Crippen LogP contribution in [0.4, 0.5) is 5.13 Å². The standard InChI is InChI=1S/C25H28N8O4S3/c1-15-6-7-16(2)20(12-15)33-21(29-31-25(33)38-14-22(34)27-24-30-28-17(3)39-24)13-26-23(35)18-8-10-19(11-9-18)40(36,37)32(4)5/h6-12H,13-14H2,1-5H3,(H,26,35)(H,27,30,34). The molecule has 4 aromatic rings. The highest BCUT2D eigenvalue weighted by Gasteiger charge is 2.20. The van der Waals surface area contributed by atoms with E-state index in [0.29, 0.717) is 21.7 Å². The molecule has 0 aliphatic carbocycles. The number of benzene rings is 2. The summed E-state index contributed by atoms with van der Waals surface area (Å²) < 4.78 is 27.6. The van der Waals surface area contributed by atoms with Gasteiger partial charge in [0.2, 0.25) is 21.1 Å². The van der Waals surface area contributed by atoms with Crippen molar-refractivity contribution in [2.45, 2.75) is 37.4 Å². The third kappa shape index (κ3) is 6.72. The zero-order chi connectivity index (χ0) is 29.0. The summed E-state index contributed by atoms with van der Waals surface area (Å²) in [5.74, 6) is -0.121. The van der Waals surface area contributed by atoms with Crippen LogP contribution in [0, 0.1) is 20.8 Å². The molecule has 0 aliphatic rings. The number of hydrogen-bond acceptors (Lipinski definition) is 10. The molecule has 2 aromatic heterocycles. The normalized spacial score (nSPS) is 11.6. The molecular formula is C25H28N8O4S3. The Balaban J connectivity index is 1.53. The van der Waals surface area contributed by atoms with Gasteiger partial charge in [-0.25, -0.2) is 12.7 Å². The van der Waals surface area contributed by atoms with Gasteiger partial charge in [0.25, 0.3) is 5.91 Å². The summed E-state index contributed by atoms with van der Waals surface area (Å²) in [6.07, 6.45) is 0. The second-order valence-electron chi connectivity index (χ2n) is 8.98. The summed E-state index contributed by atoms with van der Waals surface area (Å²) in [5.41, 5.74) is 3.12. The van der Waals surface area contributed by atoms with Gasteiger partial charge in [0.05, 0.1) is 22.9 Å². The van der Waals surface area contributed by atoms with Crippen LogP contribution in [0.2, 0.25) is 0 Å². The molecule has 0 unspecified atom stereocenters. The zero-order valence-corrected chi connectivity index (χ0v) is 24.9. The smallest absolute Gasteiger partial charge is 0.251 e. The summed E-state index contributed by atoms with van der Waals surface area (Å²) in [6.45, 7) is 5.78. The number of carbonyl (C=O) groups excluding carboxylic acids is 2. The number of nitrogens with one attached hydrogen (secondary N) is 2. The first kappa shape index (κ1) is 29.3. The Morgan fingerprint density at radius 2 is 1.73 bits per heavy atom. The van der Waals surface area contributed by atoms with E-state index in [4.69, 9.17) is 0 Å². The van der Waals surface area contributed by atoms with E-state index < -0.39 is 15.9 Å². The van der Waals surface area contributed by atoms with Crippen molar-refractivity contribution in [2.24, 2.45) is 0 Å². The third-order valence-electron chi connectivity index (χ3n) is 5.71. The van der Waals surface area contributed by atoms with Crippen LogP contribution >= 0.6 is 23.1 Å². The minimum atomic E-state index is -3.60. The van der Waals surface area contributed by atoms with Crippen LogP contribution in [0.5, 0.6) is 0 Å². The Morgan fingerprint density at radius 3 is 2.38 bits per heavy atom. The average Bonchev–Trinajstić information content (AvgIpc) is 3.52. The molecule has 15 heteroatoms. The molecule has 0 bridgehead atoms. The van der Waals surface area contributed by atoms with Crippen molar-refractivity contribution in [2.75, 3.05) is 25.2 Å². The lowest BCUT2D eigenvalue weighted by Crippen LogP contribution is -2.25. The van der Waals surface area contributed by atoms with Gasteiger partial charge in [-0.2, -0.15) is 0 Å². The van der Waals surface area contributed by atoms with Crippen LogP contribution in [0.3, 0.4) is 0 Å². The minimum Gasteiger partial charge on any atom is -0.345 e. The lowest BCUT2D eigenvalue weighted by Gasteiger charge is -2.14. The molecule has 0 aliphatic heterocycles. The quantitative estimate of drug-likeness (QED) is 0.262. The topological polar surface area (TPSA) is 152 Å². The fraction of sp³-hybridized carbons (Fsp3) is 0.280. The first-order valence-corrected chi connectivity index (χ1v) is 15.3. The molecule has 0 saturated heterocycles. The van der Waals surface area contributed by atoms with Gasteiger partial charge < -0.3 is 5.32 Å². The number of anilines is 1. The number of rotatable bonds is 10. The molecule has 2 N–H and O–H groups in total. The van der Waals surface area contributed by atoms with Crippen molar-refractivity contribution in [3.8, 4) is 5.69 Å². The van der Waals surface area contributed by atoms with E-state index in [1.165, 1.54) is 61.5 Å². The molecule has 0 saturated carbocycles. The Hall–Kier alpha value is -3.66. The van der Waals surface area contributed by atoms with Gasteiger partial charge in [0.15, 0.2) is 11.0 Å². The maximum atomic E-state index is 12.9. The third-order valence-corrected chi connectivity index (χ3v) is 9.23. The van der Waals surface area contributed by atoms with Gasteiger partial charge >= 0.3 is 0 Å². The highest BCUT2D eigenvalue weighted by atomic mass is 32.2. The maximum absolute atomic E-state index is 12.9. The van der Waals surface area contributed by atoms with Crippen LogP contribution in [0.1, 0.15) is 32.3 Å². The second kappa shape index (κ2) is 12.2. The zero-order valence-electron chi connectivity index (χ0n) is 22.5. The van der Waals surface area contributed by atoms with Gasteiger partial charge in [-0.05, 0) is 62.2 Å². The van der Waals surface area contributed by atoms with Crippen molar-refractivity contribution in [3.63, 3.8) is 0 Å². The van der Waals surface area contributed by atoms with E-state index in [9.17, 15) is 18.0 Å². The van der Waals surface area contributed by atoms with Crippen LogP contribution < -0.4 is 10.6 Å². The Labute approximate surface area is 240 Å². The number of sulfonamides is 1. The van der Waals surface area contributed by atoms with Crippen LogP contribution in [-0.2, 0) is 21.4 Å². The molecule has 0 atom stereocenters. The van der Waals surface area contributed by atoms with Crippen LogP contribution in [0.15, 0.2) is 52.5 Å². The number of aryl methyl sites for hydroxylation is 3. The molecule has 40 heavy (non-hydrogen) atoms. The minimum absolute atomic E-state index is 0.0494. The molecule has 0 radical (unpaired) electrons. The fourth-order valence-electron chi connectivity index (χ4n) is 3.59. The molecule has 0 spiro atoms. The van der Waals surface area contributed by atoms with Crippen molar-refractivity contribution in [1.82, 2.24) is 34.6 Å². The van der Waals surface area contributed by atoms with Gasteiger partial charge in [-0.3, -0.25) is 19.5 Å². The number of nitrogens with zero attached hydrogens (tertiary/aromatic N) is 6. The van der Waals surface area contributed by atoms with Gasteiger partial charge in [0.1, 0.15) is 5.01 Å². The molecule has 12 nitrogen and oxygen atoms in total. The van der Waals surface area contributed by atoms with Gasteiger partial charge in [-0.15, -0.1) is 20.4 Å². The Morgan fingerprint density at radius 1 is 1.00 bits per heavy atom. The Kier molecular flexibility index (Phi) is 8.98. The molecule has 4 rings (SSSR count). The highest BCUT2D eigenvalue weighted by Crippen LogP contribution is 2.26. The van der Waals surface area contributed by atoms with Gasteiger partial charge in [-0.1, -0.05) is 35.2 Å². The van der Waals surface area contributed by atoms with E-state index in [1.807, 2.05) is 36.6 Å². The van der Waals surface area contributed by atoms with E-state index in [1.54, 1.807) is 6.92 Å². The fourth-order valence-corrected chi connectivity index (χ4v) is 5.87. The summed E-state index contributed by atoms with van der Waals surface area (Å²) in [6, 6.07) is 11.7. The molecule has 2 heterocycles. The molecule has 210 valence electrons. The number of carbonyl (C=O) groups is 2. The number of amides is 2. The van der Waals surface area contributed by atoms with Crippen LogP contribution in [0.25, 0.3) is 5.69 Å². The van der Waals surface area contributed by atoms with Crippen LogP contribution in [-0.4, -0.2) is 69.3 Å². The van der Waals surface area contributed by atoms with Gasteiger partial charge in [0, 0.05) is 19.7 Å². The van der Waals surface area contributed by atoms with Crippen molar-refractivity contribution < 1.29 is 18.0 Å². The number of thioether (sulfide) groups is 1. The predicted molar refractivity (Wildman–Crippen MR) is 153 cm³/mol. The number of hydrogen-bond donors (Lipinski definition) is 2. The SMILES string of the molecule is Cc1ccc(C)c(-n2c(CNC(=O)c3ccc(S(=O)(=O)N(C)C)cc3)nnc2SCC(=O)Nc2nnc(C)s2)c1. The number of aromatic nitrogens is 5. The van der Waals surface area contributed by atoms with Crippen molar-refractivity contribution >= 4 is 50.1 Å². The maximum Gasteiger partial charge on any atom is 0.251 e. The summed E-state index contributed by atoms with van der Waals surface area (Å²) in [4.78, 5) is 25.5. The molecule has 0 fully saturated rings. The largest absolute Gasteiger partial charge is 0.345 e. The molecular weight excluding hydrogens is 573 g/mol. The molecule has 2 aromatic carbocycles. The van der Waals surface area contributed by atoms with E-state index in [0.717, 1.165) is 26.1 Å². The predicted octanol–water partition coefficient (Wildman–Crippen LogP) is 2.96. The lowest BCUT2D eigenvalue weighted by atomic mass is 10.1. The Bertz CT molecular complexity index is 1650. The summed E-state index contributed by atoms with van der Waals surface area (Å²) in [5, 5.41) is 23.6. The van der Waals surface area contributed by atoms with Crippen molar-refractivity contribution in [1.29, 1.82) is 0 Å².